The topological polar surface area (TPSA) is 168 Å². The van der Waals surface area contributed by atoms with Gasteiger partial charge in [-0.05, 0) is 30.3 Å². The van der Waals surface area contributed by atoms with E-state index in [4.69, 9.17) is 37.5 Å². The van der Waals surface area contributed by atoms with E-state index in [0.717, 1.165) is 6.07 Å². The van der Waals surface area contributed by atoms with Crippen LogP contribution in [0.1, 0.15) is 15.9 Å². The highest BCUT2D eigenvalue weighted by Crippen LogP contribution is 2.26. The van der Waals surface area contributed by atoms with E-state index in [9.17, 15) is 9.18 Å². The number of halogens is 1. The van der Waals surface area contributed by atoms with Gasteiger partial charge in [0, 0.05) is 49.3 Å². The fourth-order valence-corrected chi connectivity index (χ4v) is 3.26. The second kappa shape index (κ2) is 10.7. The third kappa shape index (κ3) is 5.43. The molecule has 0 saturated carbocycles. The van der Waals surface area contributed by atoms with Crippen molar-refractivity contribution in [1.29, 1.82) is 10.7 Å². The zero-order valence-electron chi connectivity index (χ0n) is 18.6. The second-order valence-corrected chi connectivity index (χ2v) is 7.66. The summed E-state index contributed by atoms with van der Waals surface area (Å²) < 4.78 is 24.5. The molecule has 2 aromatic rings. The van der Waals surface area contributed by atoms with Crippen LogP contribution in [-0.4, -0.2) is 49.9 Å². The van der Waals surface area contributed by atoms with E-state index < -0.39 is 5.82 Å². The van der Waals surface area contributed by atoms with E-state index in [1.165, 1.54) is 24.4 Å². The van der Waals surface area contributed by atoms with Gasteiger partial charge in [-0.25, -0.2) is 10.2 Å². The van der Waals surface area contributed by atoms with Gasteiger partial charge in [-0.3, -0.25) is 15.2 Å². The van der Waals surface area contributed by atoms with Gasteiger partial charge in [0.15, 0.2) is 11.6 Å². The fourth-order valence-electron chi connectivity index (χ4n) is 3.26. The van der Waals surface area contributed by atoms with Gasteiger partial charge < -0.3 is 25.8 Å². The molecule has 1 saturated heterocycles. The Bertz CT molecular complexity index is 1140. The quantitative estimate of drug-likeness (QED) is 0.142. The summed E-state index contributed by atoms with van der Waals surface area (Å²) in [7, 11) is 1.50. The Kier molecular flexibility index (Phi) is 7.68. The Hall–Kier alpha value is -4.14. The number of ether oxygens (including phenoxy) is 2. The minimum atomic E-state index is -0.689. The number of nitrogen functional groups attached to an aromatic ring is 1. The third-order valence-corrected chi connectivity index (χ3v) is 5.25. The highest BCUT2D eigenvalue weighted by molar-refractivity contribution is 6.13. The van der Waals surface area contributed by atoms with E-state index in [2.05, 4.69) is 6.07 Å². The molecule has 2 aromatic carbocycles. The van der Waals surface area contributed by atoms with Gasteiger partial charge >= 0.3 is 0 Å². The molecule has 0 radical (unpaired) electrons. The van der Waals surface area contributed by atoms with Crippen molar-refractivity contribution >= 4 is 23.0 Å². The first-order valence-corrected chi connectivity index (χ1v) is 10.3. The number of nitrogens with two attached hydrogens (primary N) is 3. The van der Waals surface area contributed by atoms with Crippen molar-refractivity contribution in [2.75, 3.05) is 44.2 Å². The fraction of sp³-hybridized carbons (Fsp3) is 0.261. The molecule has 1 aliphatic heterocycles. The minimum Gasteiger partial charge on any atom is -0.488 e. The van der Waals surface area contributed by atoms with E-state index >= 15 is 0 Å². The number of benzene rings is 2. The van der Waals surface area contributed by atoms with Crippen molar-refractivity contribution in [3.8, 4) is 11.8 Å². The van der Waals surface area contributed by atoms with Crippen molar-refractivity contribution < 1.29 is 18.7 Å². The normalized spacial score (nSPS) is 13.7. The van der Waals surface area contributed by atoms with E-state index in [1.54, 1.807) is 29.2 Å². The van der Waals surface area contributed by atoms with Gasteiger partial charge in [0.2, 0.25) is 0 Å². The second-order valence-electron chi connectivity index (χ2n) is 7.66. The van der Waals surface area contributed by atoms with Crippen LogP contribution >= 0.6 is 0 Å². The summed E-state index contributed by atoms with van der Waals surface area (Å²) >= 11 is 0. The molecule has 0 unspecified atom stereocenters. The Morgan fingerprint density at radius 2 is 2.00 bits per heavy atom. The number of anilines is 2. The average Bonchev–Trinajstić information content (AvgIpc) is 2.80. The summed E-state index contributed by atoms with van der Waals surface area (Å²) in [6.45, 7) is 1.28. The monoisotopic (exact) mass is 467 g/mol. The van der Waals surface area contributed by atoms with E-state index in [1.807, 2.05) is 0 Å². The number of allylic oxidation sites excluding steroid dienone is 1. The number of amides is 1. The van der Waals surface area contributed by atoms with Gasteiger partial charge in [0.25, 0.3) is 5.91 Å². The molecule has 1 amide bonds. The molecule has 10 nitrogen and oxygen atoms in total. The Balaban J connectivity index is 1.68. The number of likely N-dealkylation sites (tertiary alicyclic amines) is 1. The van der Waals surface area contributed by atoms with Crippen LogP contribution in [0.2, 0.25) is 0 Å². The molecule has 34 heavy (non-hydrogen) atoms. The molecule has 1 fully saturated rings. The summed E-state index contributed by atoms with van der Waals surface area (Å²) in [6.07, 6.45) is 1.30. The van der Waals surface area contributed by atoms with Crippen LogP contribution in [0.5, 0.6) is 5.75 Å². The largest absolute Gasteiger partial charge is 0.488 e. The van der Waals surface area contributed by atoms with Crippen LogP contribution in [0.3, 0.4) is 0 Å². The third-order valence-electron chi connectivity index (χ3n) is 5.25. The van der Waals surface area contributed by atoms with Crippen LogP contribution in [0, 0.1) is 28.5 Å². The van der Waals surface area contributed by atoms with Gasteiger partial charge in [0.1, 0.15) is 6.61 Å². The first-order valence-electron chi connectivity index (χ1n) is 10.3. The zero-order valence-corrected chi connectivity index (χ0v) is 18.6. The Morgan fingerprint density at radius 1 is 1.32 bits per heavy atom. The van der Waals surface area contributed by atoms with Crippen LogP contribution in [0.4, 0.5) is 15.8 Å². The maximum absolute atomic E-state index is 14.4. The maximum atomic E-state index is 14.4. The lowest BCUT2D eigenvalue weighted by molar-refractivity contribution is 0.0577. The molecule has 3 rings (SSSR count). The molecule has 0 atom stereocenters. The summed E-state index contributed by atoms with van der Waals surface area (Å²) in [4.78, 5) is 14.0. The SMILES string of the molecule is COCCOc1cc(N)c(C(=N)/C(N)=C/N(N)c2ccc(C(=O)N3CC(C#N)C3)cc2)cc1F. The zero-order chi connectivity index (χ0) is 24.8. The van der Waals surface area contributed by atoms with Crippen LogP contribution in [0.25, 0.3) is 0 Å². The number of nitrogens with zero attached hydrogens (tertiary/aromatic N) is 3. The Labute approximate surface area is 196 Å². The number of nitrogens with one attached hydrogen (secondary N) is 1. The molecule has 1 aliphatic rings. The number of carbonyl (C=O) groups excluding carboxylic acids is 1. The summed E-state index contributed by atoms with van der Waals surface area (Å²) in [6, 6.07) is 11.0. The average molecular weight is 468 g/mol. The Morgan fingerprint density at radius 3 is 2.62 bits per heavy atom. The van der Waals surface area contributed by atoms with E-state index in [0.29, 0.717) is 24.3 Å². The highest BCUT2D eigenvalue weighted by atomic mass is 19.1. The molecule has 7 N–H and O–H groups in total. The van der Waals surface area contributed by atoms with Crippen LogP contribution in [-0.2, 0) is 4.74 Å². The summed E-state index contributed by atoms with van der Waals surface area (Å²) in [5.41, 5.74) is 12.9. The molecule has 0 bridgehead atoms. The lowest BCUT2D eigenvalue weighted by Crippen LogP contribution is -2.49. The highest BCUT2D eigenvalue weighted by Gasteiger charge is 2.30. The lowest BCUT2D eigenvalue weighted by Gasteiger charge is -2.35. The summed E-state index contributed by atoms with van der Waals surface area (Å²) in [5, 5.41) is 18.3. The number of hydrogen-bond acceptors (Lipinski definition) is 9. The smallest absolute Gasteiger partial charge is 0.253 e. The molecule has 1 heterocycles. The number of hydrazine groups is 1. The maximum Gasteiger partial charge on any atom is 0.253 e. The first-order chi connectivity index (χ1) is 16.2. The molecule has 0 aromatic heterocycles. The number of carbonyl (C=O) groups is 1. The van der Waals surface area contributed by atoms with Gasteiger partial charge in [-0.15, -0.1) is 0 Å². The molecule has 178 valence electrons. The van der Waals surface area contributed by atoms with Crippen molar-refractivity contribution in [2.45, 2.75) is 0 Å². The predicted octanol–water partition coefficient (Wildman–Crippen LogP) is 1.58. The number of nitriles is 1. The van der Waals surface area contributed by atoms with Crippen LogP contribution < -0.4 is 27.1 Å². The molecule has 11 heteroatoms. The molecule has 0 aliphatic carbocycles. The van der Waals surface area contributed by atoms with Gasteiger partial charge in [-0.2, -0.15) is 5.26 Å². The molecule has 0 spiro atoms. The van der Waals surface area contributed by atoms with Crippen molar-refractivity contribution in [3.05, 3.63) is 65.2 Å². The van der Waals surface area contributed by atoms with Gasteiger partial charge in [0.05, 0.1) is 35.7 Å². The van der Waals surface area contributed by atoms with Gasteiger partial charge in [-0.1, -0.05) is 0 Å². The predicted molar refractivity (Wildman–Crippen MR) is 125 cm³/mol. The standard InChI is InChI=1S/C23H26FN7O3/c1-33-6-7-34-21-9-19(26)17(8-18(21)24)22(28)20(27)13-31(29)16-4-2-15(3-5-16)23(32)30-11-14(10-25)12-30/h2-5,8-9,13-14,28H,6-7,11-12,26-27,29H2,1H3/b20-13-,28-22?. The van der Waals surface area contributed by atoms with E-state index in [-0.39, 0.29) is 53.4 Å². The van der Waals surface area contributed by atoms with Crippen LogP contribution in [0.15, 0.2) is 48.3 Å². The number of methoxy groups -OCH3 is 1. The van der Waals surface area contributed by atoms with Crippen molar-refractivity contribution in [2.24, 2.45) is 17.5 Å². The molecular formula is C23H26FN7O3. The lowest BCUT2D eigenvalue weighted by atomic mass is 10.0. The number of rotatable bonds is 9. The number of hydrogen-bond donors (Lipinski definition) is 4. The van der Waals surface area contributed by atoms with Crippen molar-refractivity contribution in [1.82, 2.24) is 4.90 Å². The van der Waals surface area contributed by atoms with Crippen molar-refractivity contribution in [3.63, 3.8) is 0 Å². The minimum absolute atomic E-state index is 0.0508. The first kappa shape index (κ1) is 24.5. The summed E-state index contributed by atoms with van der Waals surface area (Å²) in [5.74, 6) is 5.02. The molecular weight excluding hydrogens is 441 g/mol.